The van der Waals surface area contributed by atoms with Crippen LogP contribution in [0.5, 0.6) is 0 Å². The molecule has 0 aromatic heterocycles. The summed E-state index contributed by atoms with van der Waals surface area (Å²) in [5.74, 6) is 0. The van der Waals surface area contributed by atoms with E-state index in [-0.39, 0.29) is 21.8 Å². The van der Waals surface area contributed by atoms with Gasteiger partial charge in [-0.3, -0.25) is 4.72 Å². The third-order valence-corrected chi connectivity index (χ3v) is 4.78. The number of nitrogen functional groups attached to an aromatic ring is 1. The number of rotatable bonds is 3. The van der Waals surface area contributed by atoms with Crippen LogP contribution in [0, 0.1) is 11.3 Å². The van der Waals surface area contributed by atoms with E-state index in [0.717, 1.165) is 0 Å². The largest absolute Gasteiger partial charge is 0.398 e. The zero-order valence-electron chi connectivity index (χ0n) is 10.5. The smallest absolute Gasteiger partial charge is 0.263 e. The highest BCUT2D eigenvalue weighted by atomic mass is 79.9. The average Bonchev–Trinajstić information content (AvgIpc) is 2.37. The van der Waals surface area contributed by atoms with Crippen LogP contribution in [-0.2, 0) is 10.0 Å². The summed E-state index contributed by atoms with van der Waals surface area (Å²) in [5, 5.41) is 9.36. The van der Waals surface area contributed by atoms with Crippen molar-refractivity contribution in [1.82, 2.24) is 0 Å². The molecule has 5 nitrogen and oxygen atoms in total. The van der Waals surface area contributed by atoms with E-state index < -0.39 is 10.0 Å². The van der Waals surface area contributed by atoms with Crippen LogP contribution in [0.3, 0.4) is 0 Å². The maximum absolute atomic E-state index is 12.4. The fourth-order valence-electron chi connectivity index (χ4n) is 1.66. The van der Waals surface area contributed by atoms with Gasteiger partial charge in [-0.15, -0.1) is 0 Å². The van der Waals surface area contributed by atoms with Crippen LogP contribution in [0.2, 0.25) is 5.02 Å². The van der Waals surface area contributed by atoms with Crippen molar-refractivity contribution < 1.29 is 8.42 Å². The minimum atomic E-state index is -3.92. The van der Waals surface area contributed by atoms with Crippen LogP contribution < -0.4 is 10.5 Å². The summed E-state index contributed by atoms with van der Waals surface area (Å²) in [4.78, 5) is -0.101. The summed E-state index contributed by atoms with van der Waals surface area (Å²) in [7, 11) is -3.92. The van der Waals surface area contributed by atoms with Crippen LogP contribution in [0.25, 0.3) is 0 Å². The Labute approximate surface area is 135 Å². The molecule has 0 saturated carbocycles. The maximum Gasteiger partial charge on any atom is 0.263 e. The molecule has 108 valence electrons. The third kappa shape index (κ3) is 3.47. The first-order chi connectivity index (χ1) is 9.83. The minimum Gasteiger partial charge on any atom is -0.398 e. The second kappa shape index (κ2) is 5.93. The van der Waals surface area contributed by atoms with E-state index in [1.54, 1.807) is 6.07 Å². The van der Waals surface area contributed by atoms with E-state index in [1.807, 2.05) is 6.07 Å². The number of anilines is 2. The topological polar surface area (TPSA) is 96.0 Å². The lowest BCUT2D eigenvalue weighted by Crippen LogP contribution is -2.15. The van der Waals surface area contributed by atoms with Gasteiger partial charge in [0.05, 0.1) is 16.9 Å². The summed E-state index contributed by atoms with van der Waals surface area (Å²) >= 11 is 8.98. The van der Waals surface area contributed by atoms with E-state index in [1.165, 1.54) is 30.3 Å². The summed E-state index contributed by atoms with van der Waals surface area (Å²) in [6.07, 6.45) is 0. The molecule has 0 atom stereocenters. The van der Waals surface area contributed by atoms with Crippen molar-refractivity contribution in [3.63, 3.8) is 0 Å². The third-order valence-electron chi connectivity index (χ3n) is 2.61. The summed E-state index contributed by atoms with van der Waals surface area (Å²) in [5.41, 5.74) is 6.09. The Morgan fingerprint density at radius 1 is 1.24 bits per heavy atom. The van der Waals surface area contributed by atoms with Crippen molar-refractivity contribution in [3.8, 4) is 6.07 Å². The summed E-state index contributed by atoms with van der Waals surface area (Å²) < 4.78 is 27.7. The molecule has 0 bridgehead atoms. The molecule has 0 saturated heterocycles. The van der Waals surface area contributed by atoms with Gasteiger partial charge in [-0.05, 0) is 36.4 Å². The molecule has 3 N–H and O–H groups in total. The monoisotopic (exact) mass is 385 g/mol. The highest BCUT2D eigenvalue weighted by Gasteiger charge is 2.19. The Balaban J connectivity index is 2.47. The zero-order valence-corrected chi connectivity index (χ0v) is 13.6. The number of nitrogens with two attached hydrogens (primary N) is 1. The van der Waals surface area contributed by atoms with Gasteiger partial charge in [-0.2, -0.15) is 5.26 Å². The van der Waals surface area contributed by atoms with Gasteiger partial charge in [0.2, 0.25) is 0 Å². The lowest BCUT2D eigenvalue weighted by Gasteiger charge is -2.11. The standard InChI is InChI=1S/C13H9BrClN3O2S/c14-9-2-1-8(7-16)12(5-9)18-21(19,20)13-4-3-10(15)6-11(13)17/h1-6,18H,17H2. The van der Waals surface area contributed by atoms with Gasteiger partial charge in [-0.25, -0.2) is 8.42 Å². The number of nitriles is 1. The minimum absolute atomic E-state index is 0.0310. The van der Waals surface area contributed by atoms with E-state index in [2.05, 4.69) is 20.7 Å². The molecule has 0 unspecified atom stereocenters. The molecular formula is C13H9BrClN3O2S. The molecule has 0 aliphatic carbocycles. The van der Waals surface area contributed by atoms with Crippen molar-refractivity contribution >= 4 is 48.9 Å². The molecule has 21 heavy (non-hydrogen) atoms. The predicted octanol–water partition coefficient (Wildman–Crippen LogP) is 3.36. The van der Waals surface area contributed by atoms with Crippen LogP contribution in [0.1, 0.15) is 5.56 Å². The summed E-state index contributed by atoms with van der Waals surface area (Å²) in [6.45, 7) is 0. The van der Waals surface area contributed by atoms with Crippen molar-refractivity contribution in [2.75, 3.05) is 10.5 Å². The normalized spacial score (nSPS) is 10.9. The molecule has 0 heterocycles. The Morgan fingerprint density at radius 2 is 1.95 bits per heavy atom. The number of nitrogens with zero attached hydrogens (tertiary/aromatic N) is 1. The summed E-state index contributed by atoms with van der Waals surface area (Å²) in [6, 6.07) is 10.7. The lowest BCUT2D eigenvalue weighted by atomic mass is 10.2. The van der Waals surface area contributed by atoms with E-state index >= 15 is 0 Å². The molecular weight excluding hydrogens is 378 g/mol. The Kier molecular flexibility index (Phi) is 4.42. The second-order valence-corrected chi connectivity index (χ2v) is 7.09. The van der Waals surface area contributed by atoms with Crippen LogP contribution in [0.4, 0.5) is 11.4 Å². The van der Waals surface area contributed by atoms with Gasteiger partial charge in [0.1, 0.15) is 11.0 Å². The molecule has 8 heteroatoms. The maximum atomic E-state index is 12.4. The molecule has 0 amide bonds. The average molecular weight is 387 g/mol. The Bertz CT molecular complexity index is 847. The molecule has 0 fully saturated rings. The molecule has 2 aromatic carbocycles. The number of halogens is 2. The van der Waals surface area contributed by atoms with Crippen molar-refractivity contribution in [1.29, 1.82) is 5.26 Å². The molecule has 0 aliphatic heterocycles. The van der Waals surface area contributed by atoms with Crippen molar-refractivity contribution in [2.45, 2.75) is 4.90 Å². The highest BCUT2D eigenvalue weighted by molar-refractivity contribution is 9.10. The predicted molar refractivity (Wildman–Crippen MR) is 85.5 cm³/mol. The van der Waals surface area contributed by atoms with Gasteiger partial charge in [0, 0.05) is 9.50 Å². The first kappa shape index (κ1) is 15.6. The van der Waals surface area contributed by atoms with E-state index in [0.29, 0.717) is 9.50 Å². The zero-order chi connectivity index (χ0) is 15.6. The fourth-order valence-corrected chi connectivity index (χ4v) is 3.39. The SMILES string of the molecule is N#Cc1ccc(Br)cc1NS(=O)(=O)c1ccc(Cl)cc1N. The fraction of sp³-hybridized carbons (Fsp3) is 0. The molecule has 2 rings (SSSR count). The van der Waals surface area contributed by atoms with Gasteiger partial charge in [0.25, 0.3) is 10.0 Å². The highest BCUT2D eigenvalue weighted by Crippen LogP contribution is 2.27. The number of sulfonamides is 1. The molecule has 2 aromatic rings. The first-order valence-corrected chi connectivity index (χ1v) is 8.26. The van der Waals surface area contributed by atoms with Crippen LogP contribution in [-0.4, -0.2) is 8.42 Å². The number of benzene rings is 2. The Hall–Kier alpha value is -1.75. The van der Waals surface area contributed by atoms with Crippen LogP contribution >= 0.6 is 27.5 Å². The number of nitrogens with one attached hydrogen (secondary N) is 1. The van der Waals surface area contributed by atoms with Crippen LogP contribution in [0.15, 0.2) is 45.8 Å². The molecule has 0 aliphatic rings. The lowest BCUT2D eigenvalue weighted by molar-refractivity contribution is 0.601. The van der Waals surface area contributed by atoms with E-state index in [4.69, 9.17) is 22.6 Å². The molecule has 0 spiro atoms. The van der Waals surface area contributed by atoms with Gasteiger partial charge >= 0.3 is 0 Å². The number of hydrogen-bond acceptors (Lipinski definition) is 4. The van der Waals surface area contributed by atoms with Gasteiger partial charge < -0.3 is 5.73 Å². The number of hydrogen-bond donors (Lipinski definition) is 2. The van der Waals surface area contributed by atoms with Gasteiger partial charge in [-0.1, -0.05) is 27.5 Å². The first-order valence-electron chi connectivity index (χ1n) is 5.61. The van der Waals surface area contributed by atoms with Crippen molar-refractivity contribution in [2.24, 2.45) is 0 Å². The van der Waals surface area contributed by atoms with E-state index in [9.17, 15) is 8.42 Å². The second-order valence-electron chi connectivity index (χ2n) is 4.09. The van der Waals surface area contributed by atoms with Gasteiger partial charge in [0.15, 0.2) is 0 Å². The van der Waals surface area contributed by atoms with Crippen molar-refractivity contribution in [3.05, 3.63) is 51.5 Å². The Morgan fingerprint density at radius 3 is 2.57 bits per heavy atom. The quantitative estimate of drug-likeness (QED) is 0.791. The molecule has 0 radical (unpaired) electrons.